The van der Waals surface area contributed by atoms with Crippen molar-refractivity contribution in [3.05, 3.63) is 41.6 Å². The van der Waals surface area contributed by atoms with E-state index in [4.69, 9.17) is 4.52 Å². The Kier molecular flexibility index (Phi) is 3.11. The predicted molar refractivity (Wildman–Crippen MR) is 64.0 cm³/mol. The zero-order chi connectivity index (χ0) is 10.7. The Morgan fingerprint density at radius 3 is 2.53 bits per heavy atom. The lowest BCUT2D eigenvalue weighted by Crippen LogP contribution is -1.79. The van der Waals surface area contributed by atoms with E-state index in [-0.39, 0.29) is 0 Å². The van der Waals surface area contributed by atoms with Gasteiger partial charge in [-0.25, -0.2) is 0 Å². The van der Waals surface area contributed by atoms with E-state index >= 15 is 0 Å². The normalized spacial score (nSPS) is 10.5. The minimum Gasteiger partial charge on any atom is -0.356 e. The average Bonchev–Trinajstić information content (AvgIpc) is 2.78. The van der Waals surface area contributed by atoms with Crippen molar-refractivity contribution >= 4 is 12.6 Å². The number of aromatic nitrogens is 1. The van der Waals surface area contributed by atoms with Gasteiger partial charge in [-0.3, -0.25) is 0 Å². The summed E-state index contributed by atoms with van der Waals surface area (Å²) in [5, 5.41) is 3.90. The Bertz CT molecular complexity index is 433. The summed E-state index contributed by atoms with van der Waals surface area (Å²) in [5.41, 5.74) is 3.26. The summed E-state index contributed by atoms with van der Waals surface area (Å²) in [6.07, 6.45) is 1.05. The highest BCUT2D eigenvalue weighted by Crippen LogP contribution is 2.21. The molecule has 0 fully saturated rings. The number of thiol groups is 1. The summed E-state index contributed by atoms with van der Waals surface area (Å²) < 4.78 is 5.22. The van der Waals surface area contributed by atoms with Crippen molar-refractivity contribution in [3.63, 3.8) is 0 Å². The van der Waals surface area contributed by atoms with Gasteiger partial charge in [0.25, 0.3) is 0 Å². The average molecular weight is 219 g/mol. The van der Waals surface area contributed by atoms with Crippen molar-refractivity contribution in [2.24, 2.45) is 0 Å². The number of benzene rings is 1. The van der Waals surface area contributed by atoms with Crippen LogP contribution in [0.3, 0.4) is 0 Å². The van der Waals surface area contributed by atoms with Crippen LogP contribution in [0.15, 0.2) is 34.9 Å². The minimum absolute atomic E-state index is 0.608. The van der Waals surface area contributed by atoms with Crippen LogP contribution in [0.5, 0.6) is 0 Å². The van der Waals surface area contributed by atoms with Crippen molar-refractivity contribution in [1.29, 1.82) is 0 Å². The summed E-state index contributed by atoms with van der Waals surface area (Å²) in [4.78, 5) is 0. The molecule has 2 nitrogen and oxygen atoms in total. The molecule has 0 aliphatic carbocycles. The summed E-state index contributed by atoms with van der Waals surface area (Å²) >= 11 is 4.14. The number of hydrogen-bond donors (Lipinski definition) is 1. The van der Waals surface area contributed by atoms with E-state index in [1.54, 1.807) is 0 Å². The van der Waals surface area contributed by atoms with Gasteiger partial charge in [-0.2, -0.15) is 12.6 Å². The van der Waals surface area contributed by atoms with Gasteiger partial charge >= 0.3 is 0 Å². The highest BCUT2D eigenvalue weighted by atomic mass is 32.1. The molecular formula is C12H13NOS. The molecule has 0 atom stereocenters. The Hall–Kier alpha value is -1.22. The third kappa shape index (κ3) is 2.23. The molecular weight excluding hydrogens is 206 g/mol. The van der Waals surface area contributed by atoms with Crippen LogP contribution >= 0.6 is 12.6 Å². The lowest BCUT2D eigenvalue weighted by molar-refractivity contribution is 0.426. The highest BCUT2D eigenvalue weighted by Gasteiger charge is 2.04. The maximum Gasteiger partial charge on any atom is 0.167 e. The van der Waals surface area contributed by atoms with Crippen molar-refractivity contribution in [1.82, 2.24) is 5.16 Å². The number of hydrogen-bond acceptors (Lipinski definition) is 3. The van der Waals surface area contributed by atoms with Gasteiger partial charge in [-0.15, -0.1) is 0 Å². The van der Waals surface area contributed by atoms with Crippen LogP contribution in [0.4, 0.5) is 0 Å². The van der Waals surface area contributed by atoms with Gasteiger partial charge in [0.2, 0.25) is 0 Å². The lowest BCUT2D eigenvalue weighted by atomic mass is 10.1. The van der Waals surface area contributed by atoms with Crippen LogP contribution in [-0.2, 0) is 12.2 Å². The van der Waals surface area contributed by atoms with Crippen molar-refractivity contribution in [3.8, 4) is 11.3 Å². The van der Waals surface area contributed by atoms with E-state index in [2.05, 4.69) is 49.0 Å². The molecule has 78 valence electrons. The molecule has 0 aliphatic rings. The topological polar surface area (TPSA) is 26.0 Å². The first-order valence-corrected chi connectivity index (χ1v) is 5.62. The molecule has 0 bridgehead atoms. The molecule has 1 aromatic heterocycles. The van der Waals surface area contributed by atoms with E-state index < -0.39 is 0 Å². The number of nitrogens with zero attached hydrogens (tertiary/aromatic N) is 1. The van der Waals surface area contributed by atoms with Gasteiger partial charge in [0, 0.05) is 17.4 Å². The predicted octanol–water partition coefficient (Wildman–Crippen LogP) is 3.33. The van der Waals surface area contributed by atoms with Crippen molar-refractivity contribution in [2.75, 3.05) is 0 Å². The molecule has 0 amide bonds. The Balaban J connectivity index is 2.28. The van der Waals surface area contributed by atoms with Gasteiger partial charge in [0.15, 0.2) is 5.76 Å². The first-order valence-electron chi connectivity index (χ1n) is 4.99. The zero-order valence-electron chi connectivity index (χ0n) is 8.60. The fourth-order valence-corrected chi connectivity index (χ4v) is 1.58. The SMILES string of the molecule is CCc1ccc(-c2cc(CS)no2)cc1. The molecule has 0 N–H and O–H groups in total. The lowest BCUT2D eigenvalue weighted by Gasteiger charge is -1.97. The van der Waals surface area contributed by atoms with Crippen molar-refractivity contribution < 1.29 is 4.52 Å². The van der Waals surface area contributed by atoms with E-state index in [0.717, 1.165) is 23.4 Å². The fourth-order valence-electron chi connectivity index (χ4n) is 1.43. The summed E-state index contributed by atoms with van der Waals surface area (Å²) in [6.45, 7) is 2.14. The highest BCUT2D eigenvalue weighted by molar-refractivity contribution is 7.79. The van der Waals surface area contributed by atoms with Gasteiger partial charge in [0.1, 0.15) is 0 Å². The fraction of sp³-hybridized carbons (Fsp3) is 0.250. The molecule has 1 heterocycles. The zero-order valence-corrected chi connectivity index (χ0v) is 9.50. The largest absolute Gasteiger partial charge is 0.356 e. The molecule has 2 rings (SSSR count). The van der Waals surface area contributed by atoms with Gasteiger partial charge < -0.3 is 4.52 Å². The van der Waals surface area contributed by atoms with Gasteiger partial charge in [-0.05, 0) is 12.0 Å². The summed E-state index contributed by atoms with van der Waals surface area (Å²) in [6, 6.07) is 10.3. The number of rotatable bonds is 3. The second-order valence-corrected chi connectivity index (χ2v) is 3.71. The third-order valence-corrected chi connectivity index (χ3v) is 2.69. The van der Waals surface area contributed by atoms with Crippen LogP contribution in [-0.4, -0.2) is 5.16 Å². The maximum atomic E-state index is 5.22. The van der Waals surface area contributed by atoms with E-state index in [9.17, 15) is 0 Å². The Morgan fingerprint density at radius 1 is 1.27 bits per heavy atom. The molecule has 15 heavy (non-hydrogen) atoms. The number of aryl methyl sites for hydroxylation is 1. The maximum absolute atomic E-state index is 5.22. The monoisotopic (exact) mass is 219 g/mol. The van der Waals surface area contributed by atoms with Gasteiger partial charge in [-0.1, -0.05) is 36.3 Å². The van der Waals surface area contributed by atoms with E-state index in [1.165, 1.54) is 5.56 Å². The quantitative estimate of drug-likeness (QED) is 0.801. The van der Waals surface area contributed by atoms with Crippen LogP contribution < -0.4 is 0 Å². The summed E-state index contributed by atoms with van der Waals surface area (Å²) in [5.74, 6) is 1.41. The molecule has 0 radical (unpaired) electrons. The standard InChI is InChI=1S/C12H13NOS/c1-2-9-3-5-10(6-4-9)12-7-11(8-15)13-14-12/h3-7,15H,2,8H2,1H3. The smallest absolute Gasteiger partial charge is 0.167 e. The molecule has 0 spiro atoms. The van der Waals surface area contributed by atoms with E-state index in [1.807, 2.05) is 6.07 Å². The first-order chi connectivity index (χ1) is 7.33. The van der Waals surface area contributed by atoms with Crippen LogP contribution in [0, 0.1) is 0 Å². The summed E-state index contributed by atoms with van der Waals surface area (Å²) in [7, 11) is 0. The van der Waals surface area contributed by atoms with Crippen LogP contribution in [0.25, 0.3) is 11.3 Å². The first kappa shape index (κ1) is 10.3. The molecule has 0 saturated heterocycles. The minimum atomic E-state index is 0.608. The Labute approximate surface area is 94.7 Å². The van der Waals surface area contributed by atoms with Crippen molar-refractivity contribution in [2.45, 2.75) is 19.1 Å². The molecule has 2 aromatic rings. The second-order valence-electron chi connectivity index (χ2n) is 3.39. The van der Waals surface area contributed by atoms with E-state index in [0.29, 0.717) is 5.75 Å². The molecule has 0 aliphatic heterocycles. The Morgan fingerprint density at radius 2 is 2.00 bits per heavy atom. The molecule has 0 unspecified atom stereocenters. The third-order valence-electron chi connectivity index (χ3n) is 2.37. The molecule has 0 saturated carbocycles. The molecule has 3 heteroatoms. The van der Waals surface area contributed by atoms with Gasteiger partial charge in [0.05, 0.1) is 5.69 Å². The van der Waals surface area contributed by atoms with Crippen LogP contribution in [0.2, 0.25) is 0 Å². The molecule has 1 aromatic carbocycles. The second kappa shape index (κ2) is 4.53. The van der Waals surface area contributed by atoms with Crippen LogP contribution in [0.1, 0.15) is 18.2 Å².